The Morgan fingerprint density at radius 2 is 1.59 bits per heavy atom. The smallest absolute Gasteiger partial charge is 0.328 e. The molecule has 0 atom stereocenters. The van der Waals surface area contributed by atoms with Crippen LogP contribution in [0.4, 0.5) is 0 Å². The maximum absolute atomic E-state index is 10.5. The lowest BCUT2D eigenvalue weighted by atomic mass is 10.1. The van der Waals surface area contributed by atoms with E-state index in [2.05, 4.69) is 25.3 Å². The van der Waals surface area contributed by atoms with Gasteiger partial charge in [0.2, 0.25) is 0 Å². The Kier molecular flexibility index (Phi) is 8.28. The molecule has 0 fully saturated rings. The molecule has 0 aliphatic heterocycles. The molecule has 0 aliphatic rings. The summed E-state index contributed by atoms with van der Waals surface area (Å²) in [4.78, 5) is 21.0. The third kappa shape index (κ3) is 7.40. The van der Waals surface area contributed by atoms with Crippen molar-refractivity contribution < 1.29 is 19.8 Å². The summed E-state index contributed by atoms with van der Waals surface area (Å²) in [5, 5.41) is 17.2. The van der Waals surface area contributed by atoms with Gasteiger partial charge in [-0.3, -0.25) is 0 Å². The lowest BCUT2D eigenvalue weighted by Crippen LogP contribution is -2.23. The summed E-state index contributed by atoms with van der Waals surface area (Å²) in [6, 6.07) is 0. The molecule has 0 amide bonds. The summed E-state index contributed by atoms with van der Waals surface area (Å²) in [7, 11) is 0. The number of thiol groups is 2. The van der Waals surface area contributed by atoms with Gasteiger partial charge in [0.25, 0.3) is 0 Å². The summed E-state index contributed by atoms with van der Waals surface area (Å²) < 4.78 is -0.734. The van der Waals surface area contributed by atoms with E-state index in [9.17, 15) is 9.59 Å². The summed E-state index contributed by atoms with van der Waals surface area (Å²) in [6.45, 7) is 0. The molecule has 0 spiro atoms. The summed E-state index contributed by atoms with van der Waals surface area (Å²) >= 11 is 9.61. The molecule has 0 unspecified atom stereocenters. The first-order valence-electron chi connectivity index (χ1n) is 4.66. The highest BCUT2D eigenvalue weighted by Crippen LogP contribution is 2.30. The Morgan fingerprint density at radius 3 is 1.88 bits per heavy atom. The first-order chi connectivity index (χ1) is 7.95. The highest BCUT2D eigenvalue weighted by Gasteiger charge is 2.23. The lowest BCUT2D eigenvalue weighted by Gasteiger charge is -2.24. The zero-order valence-electron chi connectivity index (χ0n) is 8.94. The Morgan fingerprint density at radius 1 is 1.12 bits per heavy atom. The molecule has 96 valence electrons. The van der Waals surface area contributed by atoms with Crippen LogP contribution in [0.3, 0.4) is 0 Å². The summed E-state index contributed by atoms with van der Waals surface area (Å²) in [6.07, 6.45) is 4.87. The van der Waals surface area contributed by atoms with Gasteiger partial charge >= 0.3 is 11.9 Å². The molecule has 0 radical (unpaired) electrons. The third-order valence-electron chi connectivity index (χ3n) is 1.73. The Balaban J connectivity index is 4.98. The second kappa shape index (κ2) is 8.54. The molecule has 0 aromatic rings. The van der Waals surface area contributed by atoms with Crippen LogP contribution in [-0.4, -0.2) is 44.2 Å². The second-order valence-corrected chi connectivity index (χ2v) is 5.25. The second-order valence-electron chi connectivity index (χ2n) is 3.03. The first kappa shape index (κ1) is 16.5. The number of hydrogen-bond acceptors (Lipinski definition) is 5. The Labute approximate surface area is 115 Å². The van der Waals surface area contributed by atoms with Crippen LogP contribution in [0.25, 0.3) is 0 Å². The number of carboxylic acid groups (broad SMARTS) is 2. The fourth-order valence-electron chi connectivity index (χ4n) is 0.963. The fourth-order valence-corrected chi connectivity index (χ4v) is 2.61. The van der Waals surface area contributed by atoms with E-state index < -0.39 is 16.7 Å². The van der Waals surface area contributed by atoms with Crippen LogP contribution < -0.4 is 0 Å². The zero-order valence-corrected chi connectivity index (χ0v) is 11.5. The molecular weight excluding hydrogens is 280 g/mol. The molecule has 0 bridgehead atoms. The van der Waals surface area contributed by atoms with Gasteiger partial charge in [0.15, 0.2) is 0 Å². The third-order valence-corrected chi connectivity index (χ3v) is 4.35. The normalized spacial score (nSPS) is 15.2. The molecule has 0 heterocycles. The zero-order chi connectivity index (χ0) is 13.3. The molecule has 17 heavy (non-hydrogen) atoms. The first-order valence-corrected chi connectivity index (χ1v) is 6.91. The van der Waals surface area contributed by atoms with Crippen LogP contribution in [0, 0.1) is 0 Å². The molecule has 4 nitrogen and oxygen atoms in total. The van der Waals surface area contributed by atoms with Crippen LogP contribution in [0.15, 0.2) is 24.3 Å². The van der Waals surface area contributed by atoms with Gasteiger partial charge in [-0.25, -0.2) is 9.59 Å². The van der Waals surface area contributed by atoms with Crippen LogP contribution in [0.2, 0.25) is 0 Å². The van der Waals surface area contributed by atoms with E-state index in [1.165, 1.54) is 23.9 Å². The van der Waals surface area contributed by atoms with Crippen molar-refractivity contribution in [3.8, 4) is 0 Å². The van der Waals surface area contributed by atoms with E-state index in [4.69, 9.17) is 10.2 Å². The van der Waals surface area contributed by atoms with E-state index >= 15 is 0 Å². The minimum absolute atomic E-state index is 0.305. The van der Waals surface area contributed by atoms with Gasteiger partial charge in [-0.15, -0.1) is 11.8 Å². The minimum Gasteiger partial charge on any atom is -0.478 e. The maximum atomic E-state index is 10.5. The molecule has 2 N–H and O–H groups in total. The number of hydrogen-bond donors (Lipinski definition) is 4. The molecule has 0 saturated carbocycles. The molecule has 0 aliphatic carbocycles. The van der Waals surface area contributed by atoms with Crippen molar-refractivity contribution in [2.45, 2.75) is 4.75 Å². The van der Waals surface area contributed by atoms with Gasteiger partial charge in [0.1, 0.15) is 0 Å². The monoisotopic (exact) mass is 294 g/mol. The highest BCUT2D eigenvalue weighted by molar-refractivity contribution is 8.02. The van der Waals surface area contributed by atoms with Gasteiger partial charge in [-0.2, -0.15) is 25.3 Å². The van der Waals surface area contributed by atoms with Gasteiger partial charge in [0, 0.05) is 23.7 Å². The van der Waals surface area contributed by atoms with Crippen molar-refractivity contribution in [2.24, 2.45) is 0 Å². The van der Waals surface area contributed by atoms with Gasteiger partial charge < -0.3 is 10.2 Å². The average molecular weight is 294 g/mol. The predicted molar refractivity (Wildman–Crippen MR) is 76.4 cm³/mol. The van der Waals surface area contributed by atoms with Gasteiger partial charge in [-0.1, -0.05) is 12.2 Å². The number of carboxylic acids is 2. The standard InChI is InChI=1S/C10H14O4S3/c11-8(12)1-3-10(7-16,17-6-5-15)4-2-9(13)14/h1-4,15-16H,5-7H2,(H,11,12)(H,13,14). The van der Waals surface area contributed by atoms with Gasteiger partial charge in [-0.05, 0) is 5.75 Å². The van der Waals surface area contributed by atoms with Crippen molar-refractivity contribution in [3.05, 3.63) is 24.3 Å². The quantitative estimate of drug-likeness (QED) is 0.404. The number of carbonyl (C=O) groups is 2. The van der Waals surface area contributed by atoms with E-state index in [0.717, 1.165) is 12.2 Å². The Bertz CT molecular complexity index is 302. The summed E-state index contributed by atoms with van der Waals surface area (Å²) in [5.74, 6) is -0.573. The predicted octanol–water partition coefficient (Wildman–Crippen LogP) is 1.60. The molecule has 7 heteroatoms. The maximum Gasteiger partial charge on any atom is 0.328 e. The number of rotatable bonds is 8. The van der Waals surface area contributed by atoms with E-state index in [1.54, 1.807) is 0 Å². The highest BCUT2D eigenvalue weighted by atomic mass is 32.2. The number of thioether (sulfide) groups is 1. The van der Waals surface area contributed by atoms with E-state index in [1.807, 2.05) is 0 Å². The molecule has 0 saturated heterocycles. The van der Waals surface area contributed by atoms with Crippen molar-refractivity contribution in [2.75, 3.05) is 17.3 Å². The van der Waals surface area contributed by atoms with Crippen LogP contribution in [0.5, 0.6) is 0 Å². The van der Waals surface area contributed by atoms with Gasteiger partial charge in [0.05, 0.1) is 4.75 Å². The Hall–Kier alpha value is -0.530. The van der Waals surface area contributed by atoms with Crippen molar-refractivity contribution in [3.63, 3.8) is 0 Å². The van der Waals surface area contributed by atoms with Crippen LogP contribution in [-0.2, 0) is 9.59 Å². The molecule has 0 aromatic carbocycles. The minimum atomic E-state index is -1.08. The fraction of sp³-hybridized carbons (Fsp3) is 0.400. The van der Waals surface area contributed by atoms with Crippen LogP contribution in [0.1, 0.15) is 0 Å². The average Bonchev–Trinajstić information content (AvgIpc) is 2.28. The largest absolute Gasteiger partial charge is 0.478 e. The number of aliphatic carboxylic acids is 2. The lowest BCUT2D eigenvalue weighted by molar-refractivity contribution is -0.132. The van der Waals surface area contributed by atoms with Crippen LogP contribution >= 0.6 is 37.0 Å². The SMILES string of the molecule is O=C(O)C=CC(C=CC(=O)O)(CS)SCCS. The van der Waals surface area contributed by atoms with E-state index in [-0.39, 0.29) is 0 Å². The summed E-state index contributed by atoms with van der Waals surface area (Å²) in [5.41, 5.74) is 0. The molecular formula is C10H14O4S3. The van der Waals surface area contributed by atoms with Crippen molar-refractivity contribution >= 4 is 49.0 Å². The molecule has 0 aromatic heterocycles. The van der Waals surface area contributed by atoms with Crippen molar-refractivity contribution in [1.82, 2.24) is 0 Å². The molecule has 0 rings (SSSR count). The van der Waals surface area contributed by atoms with Crippen molar-refractivity contribution in [1.29, 1.82) is 0 Å². The topological polar surface area (TPSA) is 74.6 Å². The van der Waals surface area contributed by atoms with E-state index in [0.29, 0.717) is 17.3 Å².